The molecular weight excluding hydrogens is 271 g/mol. The van der Waals surface area contributed by atoms with Crippen LogP contribution < -0.4 is 10.1 Å². The molecule has 0 saturated carbocycles. The van der Waals surface area contributed by atoms with Crippen molar-refractivity contribution in [1.29, 1.82) is 0 Å². The van der Waals surface area contributed by atoms with Gasteiger partial charge in [-0.05, 0) is 36.4 Å². The molecule has 20 heavy (non-hydrogen) atoms. The van der Waals surface area contributed by atoms with Crippen LogP contribution in [-0.4, -0.2) is 12.5 Å². The van der Waals surface area contributed by atoms with Crippen LogP contribution in [0.4, 0.5) is 18.9 Å². The Labute approximate surface area is 113 Å². The first-order valence-corrected chi connectivity index (χ1v) is 5.66. The van der Waals surface area contributed by atoms with Gasteiger partial charge in [0.15, 0.2) is 0 Å². The van der Waals surface area contributed by atoms with E-state index in [-0.39, 0.29) is 17.0 Å². The number of nitrogens with one attached hydrogen (secondary N) is 1. The molecule has 2 aromatic carbocycles. The van der Waals surface area contributed by atoms with E-state index < -0.39 is 18.3 Å². The molecule has 0 unspecified atom stereocenters. The summed E-state index contributed by atoms with van der Waals surface area (Å²) in [6, 6.07) is 10.7. The number of hydrogen-bond acceptors (Lipinski definition) is 2. The average molecular weight is 281 g/mol. The maximum atomic E-state index is 13.0. The minimum absolute atomic E-state index is 0.119. The molecule has 0 heterocycles. The van der Waals surface area contributed by atoms with Gasteiger partial charge in [-0.25, -0.2) is 4.39 Å². The summed E-state index contributed by atoms with van der Waals surface area (Å²) in [5, 5.41) is 2.46. The normalized spacial score (nSPS) is 10.4. The number of carbonyl (C=O) groups is 1. The average Bonchev–Trinajstić information content (AvgIpc) is 2.38. The molecule has 0 fully saturated rings. The number of benzene rings is 2. The molecule has 1 amide bonds. The molecule has 2 aromatic rings. The molecule has 0 bridgehead atoms. The van der Waals surface area contributed by atoms with Crippen LogP contribution in [0.25, 0.3) is 0 Å². The smallest absolute Gasteiger partial charge is 0.387 e. The first-order chi connectivity index (χ1) is 9.54. The number of ether oxygens (including phenoxy) is 1. The number of rotatable bonds is 4. The molecule has 0 spiro atoms. The minimum atomic E-state index is -2.96. The van der Waals surface area contributed by atoms with Gasteiger partial charge in [-0.3, -0.25) is 4.79 Å². The van der Waals surface area contributed by atoms with Crippen molar-refractivity contribution in [2.75, 3.05) is 5.32 Å². The standard InChI is InChI=1S/C14H10F3NO2/c15-10-4-2-5-11(8-10)18-13(19)9-3-1-6-12(7-9)20-14(16)17/h1-8,14H,(H,18,19). The maximum Gasteiger partial charge on any atom is 0.387 e. The van der Waals surface area contributed by atoms with Gasteiger partial charge in [0, 0.05) is 11.3 Å². The summed E-state index contributed by atoms with van der Waals surface area (Å²) in [5.74, 6) is -1.15. The van der Waals surface area contributed by atoms with Crippen LogP contribution in [0, 0.1) is 5.82 Å². The van der Waals surface area contributed by atoms with E-state index >= 15 is 0 Å². The van der Waals surface area contributed by atoms with Crippen molar-refractivity contribution in [2.24, 2.45) is 0 Å². The third kappa shape index (κ3) is 3.74. The summed E-state index contributed by atoms with van der Waals surface area (Å²) in [4.78, 5) is 11.9. The van der Waals surface area contributed by atoms with Crippen molar-refractivity contribution in [3.8, 4) is 5.75 Å². The summed E-state index contributed by atoms with van der Waals surface area (Å²) < 4.78 is 41.3. The van der Waals surface area contributed by atoms with Crippen molar-refractivity contribution in [3.05, 3.63) is 59.9 Å². The molecule has 104 valence electrons. The van der Waals surface area contributed by atoms with Gasteiger partial charge in [-0.15, -0.1) is 0 Å². The van der Waals surface area contributed by atoms with E-state index in [1.807, 2.05) is 0 Å². The lowest BCUT2D eigenvalue weighted by molar-refractivity contribution is -0.0498. The van der Waals surface area contributed by atoms with E-state index in [9.17, 15) is 18.0 Å². The molecule has 0 aliphatic heterocycles. The Morgan fingerprint density at radius 1 is 1.10 bits per heavy atom. The van der Waals surface area contributed by atoms with Gasteiger partial charge in [0.05, 0.1) is 0 Å². The van der Waals surface area contributed by atoms with Gasteiger partial charge in [0.2, 0.25) is 0 Å². The Kier molecular flexibility index (Phi) is 4.24. The number of anilines is 1. The Bertz CT molecular complexity index is 617. The summed E-state index contributed by atoms with van der Waals surface area (Å²) in [7, 11) is 0. The third-order valence-corrected chi connectivity index (χ3v) is 2.40. The second-order valence-electron chi connectivity index (χ2n) is 3.87. The van der Waals surface area contributed by atoms with Gasteiger partial charge in [-0.1, -0.05) is 12.1 Å². The van der Waals surface area contributed by atoms with E-state index in [2.05, 4.69) is 10.1 Å². The van der Waals surface area contributed by atoms with Gasteiger partial charge in [0.25, 0.3) is 5.91 Å². The van der Waals surface area contributed by atoms with Crippen molar-refractivity contribution in [3.63, 3.8) is 0 Å². The molecule has 2 rings (SSSR count). The largest absolute Gasteiger partial charge is 0.435 e. The van der Waals surface area contributed by atoms with Crippen LogP contribution >= 0.6 is 0 Å². The highest BCUT2D eigenvalue weighted by Crippen LogP contribution is 2.17. The number of alkyl halides is 2. The molecule has 0 aliphatic carbocycles. The molecule has 0 atom stereocenters. The second-order valence-corrected chi connectivity index (χ2v) is 3.87. The van der Waals surface area contributed by atoms with E-state index in [0.717, 1.165) is 6.07 Å². The van der Waals surface area contributed by atoms with Crippen LogP contribution in [-0.2, 0) is 0 Å². The topological polar surface area (TPSA) is 38.3 Å². The molecule has 0 saturated heterocycles. The van der Waals surface area contributed by atoms with E-state index in [1.54, 1.807) is 0 Å². The molecule has 1 N–H and O–H groups in total. The first-order valence-electron chi connectivity index (χ1n) is 5.66. The predicted molar refractivity (Wildman–Crippen MR) is 67.4 cm³/mol. The van der Waals surface area contributed by atoms with Gasteiger partial charge < -0.3 is 10.1 Å². The minimum Gasteiger partial charge on any atom is -0.435 e. The zero-order chi connectivity index (χ0) is 14.5. The van der Waals surface area contributed by atoms with Gasteiger partial charge in [-0.2, -0.15) is 8.78 Å². The summed E-state index contributed by atoms with van der Waals surface area (Å²) >= 11 is 0. The lowest BCUT2D eigenvalue weighted by Gasteiger charge is -2.08. The zero-order valence-corrected chi connectivity index (χ0v) is 10.1. The fourth-order valence-corrected chi connectivity index (χ4v) is 1.58. The van der Waals surface area contributed by atoms with E-state index in [0.29, 0.717) is 0 Å². The summed E-state index contributed by atoms with van der Waals surface area (Å²) in [6.07, 6.45) is 0. The molecule has 0 aromatic heterocycles. The van der Waals surface area contributed by atoms with Crippen LogP contribution in [0.2, 0.25) is 0 Å². The number of amides is 1. The maximum absolute atomic E-state index is 13.0. The first kappa shape index (κ1) is 13.9. The molecule has 6 heteroatoms. The fraction of sp³-hybridized carbons (Fsp3) is 0.0714. The van der Waals surface area contributed by atoms with Crippen LogP contribution in [0.3, 0.4) is 0 Å². The monoisotopic (exact) mass is 281 g/mol. The quantitative estimate of drug-likeness (QED) is 0.928. The van der Waals surface area contributed by atoms with Gasteiger partial charge in [0.1, 0.15) is 11.6 Å². The van der Waals surface area contributed by atoms with Crippen molar-refractivity contribution in [2.45, 2.75) is 6.61 Å². The Morgan fingerprint density at radius 2 is 1.85 bits per heavy atom. The Hall–Kier alpha value is -2.50. The number of carbonyl (C=O) groups excluding carboxylic acids is 1. The lowest BCUT2D eigenvalue weighted by atomic mass is 10.2. The van der Waals surface area contributed by atoms with Crippen LogP contribution in [0.1, 0.15) is 10.4 Å². The molecule has 0 radical (unpaired) electrons. The highest BCUT2D eigenvalue weighted by atomic mass is 19.3. The lowest BCUT2D eigenvalue weighted by Crippen LogP contribution is -2.12. The highest BCUT2D eigenvalue weighted by molar-refractivity contribution is 6.04. The van der Waals surface area contributed by atoms with Crippen LogP contribution in [0.5, 0.6) is 5.75 Å². The number of halogens is 3. The highest BCUT2D eigenvalue weighted by Gasteiger charge is 2.10. The molecule has 0 aliphatic rings. The zero-order valence-electron chi connectivity index (χ0n) is 10.1. The molecule has 3 nitrogen and oxygen atoms in total. The molecular formula is C14H10F3NO2. The Morgan fingerprint density at radius 3 is 2.55 bits per heavy atom. The third-order valence-electron chi connectivity index (χ3n) is 2.40. The number of hydrogen-bond donors (Lipinski definition) is 1. The van der Waals surface area contributed by atoms with Crippen molar-refractivity contribution in [1.82, 2.24) is 0 Å². The van der Waals surface area contributed by atoms with Gasteiger partial charge >= 0.3 is 6.61 Å². The summed E-state index contributed by atoms with van der Waals surface area (Å²) in [6.45, 7) is -2.96. The Balaban J connectivity index is 2.13. The van der Waals surface area contributed by atoms with Crippen molar-refractivity contribution >= 4 is 11.6 Å². The summed E-state index contributed by atoms with van der Waals surface area (Å²) in [5.41, 5.74) is 0.405. The SMILES string of the molecule is O=C(Nc1cccc(F)c1)c1cccc(OC(F)F)c1. The van der Waals surface area contributed by atoms with Crippen LogP contribution in [0.15, 0.2) is 48.5 Å². The van der Waals surface area contributed by atoms with Crippen molar-refractivity contribution < 1.29 is 22.7 Å². The van der Waals surface area contributed by atoms with E-state index in [4.69, 9.17) is 0 Å². The predicted octanol–water partition coefficient (Wildman–Crippen LogP) is 3.68. The fourth-order valence-electron chi connectivity index (χ4n) is 1.58. The van der Waals surface area contributed by atoms with E-state index in [1.165, 1.54) is 42.5 Å². The second kappa shape index (κ2) is 6.10.